The second-order valence-corrected chi connectivity index (χ2v) is 6.96. The lowest BCUT2D eigenvalue weighted by Gasteiger charge is -2.24. The van der Waals surface area contributed by atoms with Crippen LogP contribution in [0.3, 0.4) is 0 Å². The molecule has 26 heavy (non-hydrogen) atoms. The van der Waals surface area contributed by atoms with E-state index in [1.807, 2.05) is 54.3 Å². The van der Waals surface area contributed by atoms with Crippen LogP contribution in [-0.4, -0.2) is 20.7 Å². The average Bonchev–Trinajstić information content (AvgIpc) is 3.36. The summed E-state index contributed by atoms with van der Waals surface area (Å²) in [6, 6.07) is 15.7. The molecule has 1 aliphatic rings. The highest BCUT2D eigenvalue weighted by Crippen LogP contribution is 2.35. The van der Waals surface area contributed by atoms with E-state index in [4.69, 9.17) is 4.74 Å². The number of ether oxygens (including phenoxy) is 1. The molecule has 1 heterocycles. The van der Waals surface area contributed by atoms with Crippen LogP contribution in [-0.2, 0) is 6.61 Å². The molecule has 0 bridgehead atoms. The van der Waals surface area contributed by atoms with E-state index in [1.165, 1.54) is 0 Å². The van der Waals surface area contributed by atoms with Gasteiger partial charge in [0.1, 0.15) is 18.1 Å². The first kappa shape index (κ1) is 16.7. The summed E-state index contributed by atoms with van der Waals surface area (Å²) in [4.78, 5) is 15.1. The highest BCUT2D eigenvalue weighted by molar-refractivity contribution is 6.99. The monoisotopic (exact) mass is 365 g/mol. The average molecular weight is 365 g/mol. The molecule has 6 heteroatoms. The predicted octanol–water partition coefficient (Wildman–Crippen LogP) is 4.23. The van der Waals surface area contributed by atoms with Gasteiger partial charge in [0.15, 0.2) is 0 Å². The number of benzene rings is 2. The largest absolute Gasteiger partial charge is 0.487 e. The highest BCUT2D eigenvalue weighted by Gasteiger charge is 2.35. The minimum absolute atomic E-state index is 0.0163. The minimum Gasteiger partial charge on any atom is -0.487 e. The standard InChI is InChI=1S/C20H19N3O2S/c1-14-5-2-3-8-19(14)23(17-9-10-17)20(24)15-6-4-7-18(11-15)25-13-16-12-21-26-22-16/h2-8,11-12,17H,9-10,13H2,1H3. The molecule has 1 aliphatic carbocycles. The third-order valence-electron chi connectivity index (χ3n) is 4.38. The summed E-state index contributed by atoms with van der Waals surface area (Å²) in [5.74, 6) is 0.673. The van der Waals surface area contributed by atoms with Crippen LogP contribution in [0.4, 0.5) is 5.69 Å². The Balaban J connectivity index is 1.56. The van der Waals surface area contributed by atoms with Gasteiger partial charge in [-0.2, -0.15) is 8.75 Å². The van der Waals surface area contributed by atoms with Gasteiger partial charge in [-0.15, -0.1) is 0 Å². The zero-order valence-corrected chi connectivity index (χ0v) is 15.3. The minimum atomic E-state index is 0.0163. The van der Waals surface area contributed by atoms with Crippen molar-refractivity contribution in [1.82, 2.24) is 8.75 Å². The molecule has 0 atom stereocenters. The number of anilines is 1. The number of aromatic nitrogens is 2. The van der Waals surface area contributed by atoms with Crippen molar-refractivity contribution in [3.8, 4) is 5.75 Å². The van der Waals surface area contributed by atoms with Crippen LogP contribution in [0.2, 0.25) is 0 Å². The molecule has 2 aromatic carbocycles. The number of hydrogen-bond donors (Lipinski definition) is 0. The van der Waals surface area contributed by atoms with E-state index in [-0.39, 0.29) is 11.9 Å². The summed E-state index contributed by atoms with van der Waals surface area (Å²) >= 11 is 1.15. The van der Waals surface area contributed by atoms with Crippen LogP contribution >= 0.6 is 11.7 Å². The number of carbonyl (C=O) groups excluding carboxylic acids is 1. The maximum absolute atomic E-state index is 13.2. The summed E-state index contributed by atoms with van der Waals surface area (Å²) in [6.45, 7) is 2.39. The Bertz CT molecular complexity index is 907. The summed E-state index contributed by atoms with van der Waals surface area (Å²) in [6.07, 6.45) is 3.78. The maximum atomic E-state index is 13.2. The molecule has 1 saturated carbocycles. The second kappa shape index (κ2) is 7.25. The van der Waals surface area contributed by atoms with Gasteiger partial charge in [0, 0.05) is 17.3 Å². The van der Waals surface area contributed by atoms with Gasteiger partial charge in [-0.1, -0.05) is 24.3 Å². The van der Waals surface area contributed by atoms with Crippen molar-refractivity contribution in [2.45, 2.75) is 32.4 Å². The van der Waals surface area contributed by atoms with Gasteiger partial charge in [0.05, 0.1) is 17.9 Å². The Morgan fingerprint density at radius 1 is 1.23 bits per heavy atom. The van der Waals surface area contributed by atoms with Gasteiger partial charge in [0.2, 0.25) is 0 Å². The van der Waals surface area contributed by atoms with Gasteiger partial charge in [-0.25, -0.2) is 0 Å². The zero-order valence-electron chi connectivity index (χ0n) is 14.5. The van der Waals surface area contributed by atoms with E-state index in [0.717, 1.165) is 41.5 Å². The highest BCUT2D eigenvalue weighted by atomic mass is 32.1. The maximum Gasteiger partial charge on any atom is 0.258 e. The molecule has 5 nitrogen and oxygen atoms in total. The van der Waals surface area contributed by atoms with Crippen molar-refractivity contribution in [2.24, 2.45) is 0 Å². The molecule has 0 unspecified atom stereocenters. The number of para-hydroxylation sites is 1. The van der Waals surface area contributed by atoms with Crippen molar-refractivity contribution < 1.29 is 9.53 Å². The molecular formula is C20H19N3O2S. The Hall–Kier alpha value is -2.73. The fourth-order valence-electron chi connectivity index (χ4n) is 2.90. The van der Waals surface area contributed by atoms with E-state index < -0.39 is 0 Å². The SMILES string of the molecule is Cc1ccccc1N(C(=O)c1cccc(OCc2cnsn2)c1)C1CC1. The Labute approximate surface area is 156 Å². The lowest BCUT2D eigenvalue weighted by atomic mass is 10.1. The number of carbonyl (C=O) groups is 1. The quantitative estimate of drug-likeness (QED) is 0.656. The Morgan fingerprint density at radius 2 is 2.08 bits per heavy atom. The van der Waals surface area contributed by atoms with Gasteiger partial charge >= 0.3 is 0 Å². The number of nitrogens with zero attached hydrogens (tertiary/aromatic N) is 3. The van der Waals surface area contributed by atoms with Gasteiger partial charge < -0.3 is 9.64 Å². The van der Waals surface area contributed by atoms with E-state index in [1.54, 1.807) is 12.3 Å². The lowest BCUT2D eigenvalue weighted by molar-refractivity contribution is 0.0984. The van der Waals surface area contributed by atoms with Crippen molar-refractivity contribution >= 4 is 23.3 Å². The first-order valence-electron chi connectivity index (χ1n) is 8.61. The summed E-state index contributed by atoms with van der Waals surface area (Å²) in [5.41, 5.74) is 3.51. The number of rotatable bonds is 6. The van der Waals surface area contributed by atoms with E-state index in [2.05, 4.69) is 8.75 Å². The molecule has 0 aliphatic heterocycles. The van der Waals surface area contributed by atoms with Crippen LogP contribution < -0.4 is 9.64 Å². The second-order valence-electron chi connectivity index (χ2n) is 6.41. The summed E-state index contributed by atoms with van der Waals surface area (Å²) in [5, 5.41) is 0. The molecule has 0 radical (unpaired) electrons. The fraction of sp³-hybridized carbons (Fsp3) is 0.250. The first-order chi connectivity index (χ1) is 12.7. The van der Waals surface area contributed by atoms with Crippen LogP contribution in [0, 0.1) is 6.92 Å². The topological polar surface area (TPSA) is 55.3 Å². The number of hydrogen-bond acceptors (Lipinski definition) is 5. The lowest BCUT2D eigenvalue weighted by Crippen LogP contribution is -2.33. The smallest absolute Gasteiger partial charge is 0.258 e. The van der Waals surface area contributed by atoms with Crippen LogP contribution in [0.25, 0.3) is 0 Å². The molecule has 4 rings (SSSR count). The van der Waals surface area contributed by atoms with Gasteiger partial charge in [0.25, 0.3) is 5.91 Å². The van der Waals surface area contributed by atoms with Gasteiger partial charge in [-0.3, -0.25) is 4.79 Å². The van der Waals surface area contributed by atoms with Gasteiger partial charge in [-0.05, 0) is 49.6 Å². The molecule has 0 saturated heterocycles. The molecular weight excluding hydrogens is 346 g/mol. The Kier molecular flexibility index (Phi) is 4.67. The van der Waals surface area contributed by atoms with E-state index in [0.29, 0.717) is 17.9 Å². The van der Waals surface area contributed by atoms with Crippen molar-refractivity contribution in [3.63, 3.8) is 0 Å². The van der Waals surface area contributed by atoms with Crippen LogP contribution in [0.5, 0.6) is 5.75 Å². The van der Waals surface area contributed by atoms with E-state index >= 15 is 0 Å². The third-order valence-corrected chi connectivity index (χ3v) is 4.90. The van der Waals surface area contributed by atoms with Crippen LogP contribution in [0.15, 0.2) is 54.7 Å². The predicted molar refractivity (Wildman–Crippen MR) is 102 cm³/mol. The normalized spacial score (nSPS) is 13.4. The molecule has 3 aromatic rings. The van der Waals surface area contributed by atoms with E-state index in [9.17, 15) is 4.79 Å². The fourth-order valence-corrected chi connectivity index (χ4v) is 3.32. The van der Waals surface area contributed by atoms with Crippen LogP contribution in [0.1, 0.15) is 34.5 Å². The molecule has 0 N–H and O–H groups in total. The first-order valence-corrected chi connectivity index (χ1v) is 9.34. The molecule has 1 fully saturated rings. The molecule has 1 aromatic heterocycles. The zero-order chi connectivity index (χ0) is 17.9. The summed E-state index contributed by atoms with van der Waals surface area (Å²) in [7, 11) is 0. The van der Waals surface area contributed by atoms with Crippen molar-refractivity contribution in [2.75, 3.05) is 4.90 Å². The van der Waals surface area contributed by atoms with Crippen molar-refractivity contribution in [3.05, 3.63) is 71.5 Å². The van der Waals surface area contributed by atoms with Crippen molar-refractivity contribution in [1.29, 1.82) is 0 Å². The molecule has 132 valence electrons. The summed E-state index contributed by atoms with van der Waals surface area (Å²) < 4.78 is 13.8. The third kappa shape index (κ3) is 3.60. The Morgan fingerprint density at radius 3 is 2.81 bits per heavy atom. The molecule has 0 spiro atoms. The number of amides is 1. The molecule has 1 amide bonds. The number of aryl methyl sites for hydroxylation is 1.